The van der Waals surface area contributed by atoms with Gasteiger partial charge in [-0.1, -0.05) is 27.2 Å². The summed E-state index contributed by atoms with van der Waals surface area (Å²) in [4.78, 5) is 35.5. The smallest absolute Gasteiger partial charge is 0.341 e. The van der Waals surface area contributed by atoms with Gasteiger partial charge in [-0.05, 0) is 24.3 Å². The molecule has 2 aliphatic rings. The van der Waals surface area contributed by atoms with E-state index in [2.05, 4.69) is 0 Å². The third kappa shape index (κ3) is 1.85. The molecule has 0 heterocycles. The molecule has 6 nitrogen and oxygen atoms in total. The summed E-state index contributed by atoms with van der Waals surface area (Å²) in [5.41, 5.74) is -5.13. The minimum atomic E-state index is -2.56. The maximum Gasteiger partial charge on any atom is 0.341 e. The van der Waals surface area contributed by atoms with E-state index in [9.17, 15) is 29.7 Å². The fourth-order valence-corrected chi connectivity index (χ4v) is 4.36. The van der Waals surface area contributed by atoms with Crippen molar-refractivity contribution in [3.63, 3.8) is 0 Å². The van der Waals surface area contributed by atoms with Crippen LogP contribution in [0, 0.1) is 16.7 Å². The monoisotopic (exact) mass is 296 g/mol. The van der Waals surface area contributed by atoms with Gasteiger partial charge in [-0.15, -0.1) is 0 Å². The third-order valence-electron chi connectivity index (χ3n) is 5.26. The van der Waals surface area contributed by atoms with E-state index < -0.39 is 45.6 Å². The number of allylic oxidation sites excluding steroid dienone is 1. The van der Waals surface area contributed by atoms with Gasteiger partial charge >= 0.3 is 11.9 Å². The largest absolute Gasteiger partial charge is 0.479 e. The molecule has 0 unspecified atom stereocenters. The van der Waals surface area contributed by atoms with E-state index in [0.717, 1.165) is 12.5 Å². The Bertz CT molecular complexity index is 561. The first-order valence-electron chi connectivity index (χ1n) is 6.93. The standard InChI is InChI=1S/C15H20O6/c1-13(2)5-4-6-14(3)10(13)9(16)7-8(11(17)18)15(14,21)12(19)20/h7,10,21H,4-6H2,1-3H3,(H,17,18)(H,19,20)/t10-,14+,15-/m0/s1. The molecule has 1 fully saturated rings. The third-order valence-corrected chi connectivity index (χ3v) is 5.26. The van der Waals surface area contributed by atoms with Crippen molar-refractivity contribution >= 4 is 17.7 Å². The first-order valence-corrected chi connectivity index (χ1v) is 6.93. The van der Waals surface area contributed by atoms with E-state index in [1.807, 2.05) is 13.8 Å². The van der Waals surface area contributed by atoms with E-state index in [1.165, 1.54) is 6.92 Å². The van der Waals surface area contributed by atoms with Crippen molar-refractivity contribution in [2.45, 2.75) is 45.6 Å². The zero-order valence-electron chi connectivity index (χ0n) is 12.3. The molecule has 0 saturated heterocycles. The van der Waals surface area contributed by atoms with Crippen LogP contribution in [0.2, 0.25) is 0 Å². The predicted octanol–water partition coefficient (Wildman–Crippen LogP) is 1.23. The van der Waals surface area contributed by atoms with Crippen molar-refractivity contribution in [3.05, 3.63) is 11.6 Å². The molecule has 0 spiro atoms. The number of fused-ring (bicyclic) bond motifs is 1. The summed E-state index contributed by atoms with van der Waals surface area (Å²) in [7, 11) is 0. The molecule has 3 N–H and O–H groups in total. The molecule has 0 aromatic rings. The van der Waals surface area contributed by atoms with Gasteiger partial charge in [0.15, 0.2) is 11.4 Å². The summed E-state index contributed by atoms with van der Waals surface area (Å²) in [5, 5.41) is 29.5. The second kappa shape index (κ2) is 4.40. The molecular formula is C15H20O6. The number of hydrogen-bond donors (Lipinski definition) is 3. The number of aliphatic carboxylic acids is 2. The first kappa shape index (κ1) is 15.7. The van der Waals surface area contributed by atoms with Crippen LogP contribution in [0.4, 0.5) is 0 Å². The van der Waals surface area contributed by atoms with Crippen LogP contribution >= 0.6 is 0 Å². The number of aliphatic hydroxyl groups is 1. The van der Waals surface area contributed by atoms with Crippen LogP contribution in [0.15, 0.2) is 11.6 Å². The lowest BCUT2D eigenvalue weighted by Crippen LogP contribution is -2.66. The summed E-state index contributed by atoms with van der Waals surface area (Å²) >= 11 is 0. The molecular weight excluding hydrogens is 276 g/mol. The molecule has 0 aromatic heterocycles. The zero-order chi connectivity index (χ0) is 16.2. The van der Waals surface area contributed by atoms with Crippen molar-refractivity contribution in [2.75, 3.05) is 0 Å². The number of carboxylic acid groups (broad SMARTS) is 2. The Labute approximate surface area is 122 Å². The summed E-state index contributed by atoms with van der Waals surface area (Å²) in [6.45, 7) is 5.23. The first-order chi connectivity index (χ1) is 9.48. The molecule has 116 valence electrons. The van der Waals surface area contributed by atoms with Gasteiger partial charge in [0.25, 0.3) is 0 Å². The number of hydrogen-bond acceptors (Lipinski definition) is 4. The van der Waals surface area contributed by atoms with Gasteiger partial charge in [-0.25, -0.2) is 9.59 Å². The van der Waals surface area contributed by atoms with Gasteiger partial charge in [0.05, 0.1) is 5.57 Å². The van der Waals surface area contributed by atoms with Crippen LogP contribution in [-0.4, -0.2) is 38.6 Å². The van der Waals surface area contributed by atoms with Gasteiger partial charge in [-0.3, -0.25) is 4.79 Å². The minimum absolute atomic E-state index is 0.292. The summed E-state index contributed by atoms with van der Waals surface area (Å²) < 4.78 is 0. The topological polar surface area (TPSA) is 112 Å². The summed E-state index contributed by atoms with van der Waals surface area (Å²) in [5.74, 6) is -4.32. The molecule has 0 bridgehead atoms. The second-order valence-electron chi connectivity index (χ2n) is 6.97. The zero-order valence-corrected chi connectivity index (χ0v) is 12.3. The van der Waals surface area contributed by atoms with Crippen molar-refractivity contribution < 1.29 is 29.7 Å². The summed E-state index contributed by atoms with van der Waals surface area (Å²) in [6, 6.07) is 0. The maximum atomic E-state index is 12.4. The molecule has 2 rings (SSSR count). The lowest BCUT2D eigenvalue weighted by molar-refractivity contribution is -0.191. The maximum absolute atomic E-state index is 12.4. The number of rotatable bonds is 2. The molecule has 21 heavy (non-hydrogen) atoms. The van der Waals surface area contributed by atoms with Gasteiger partial charge in [0, 0.05) is 11.3 Å². The van der Waals surface area contributed by atoms with Gasteiger partial charge in [0.1, 0.15) is 0 Å². The minimum Gasteiger partial charge on any atom is -0.479 e. The van der Waals surface area contributed by atoms with Crippen LogP contribution in [0.5, 0.6) is 0 Å². The van der Waals surface area contributed by atoms with E-state index >= 15 is 0 Å². The summed E-state index contributed by atoms with van der Waals surface area (Å²) in [6.07, 6.45) is 2.46. The Kier molecular flexibility index (Phi) is 3.29. The number of carbonyl (C=O) groups is 3. The Morgan fingerprint density at radius 2 is 1.76 bits per heavy atom. The Hall–Kier alpha value is -1.69. The van der Waals surface area contributed by atoms with Crippen LogP contribution in [0.1, 0.15) is 40.0 Å². The fraction of sp³-hybridized carbons (Fsp3) is 0.667. The van der Waals surface area contributed by atoms with Gasteiger partial charge < -0.3 is 15.3 Å². The average Bonchev–Trinajstić information content (AvgIpc) is 2.31. The van der Waals surface area contributed by atoms with Crippen LogP contribution in [0.3, 0.4) is 0 Å². The highest BCUT2D eigenvalue weighted by Crippen LogP contribution is 2.60. The lowest BCUT2D eigenvalue weighted by atomic mass is 9.46. The highest BCUT2D eigenvalue weighted by atomic mass is 16.4. The molecule has 3 atom stereocenters. The van der Waals surface area contributed by atoms with Crippen molar-refractivity contribution in [1.29, 1.82) is 0 Å². The van der Waals surface area contributed by atoms with Crippen LogP contribution in [0.25, 0.3) is 0 Å². The number of carbonyl (C=O) groups excluding carboxylic acids is 1. The van der Waals surface area contributed by atoms with E-state index in [1.54, 1.807) is 0 Å². The van der Waals surface area contributed by atoms with Crippen molar-refractivity contribution in [1.82, 2.24) is 0 Å². The SMILES string of the molecule is CC1(C)CCC[C@]2(C)[C@H]1C(=O)C=C(C(=O)O)[C@]2(O)C(=O)O. The second-order valence-corrected chi connectivity index (χ2v) is 6.97. The molecule has 0 aliphatic heterocycles. The molecule has 0 amide bonds. The Balaban J connectivity index is 2.77. The normalized spacial score (nSPS) is 38.4. The fourth-order valence-electron chi connectivity index (χ4n) is 4.36. The highest BCUT2D eigenvalue weighted by molar-refractivity contribution is 6.09. The molecule has 2 aliphatic carbocycles. The van der Waals surface area contributed by atoms with Crippen molar-refractivity contribution in [2.24, 2.45) is 16.7 Å². The highest BCUT2D eigenvalue weighted by Gasteiger charge is 2.67. The number of ketones is 1. The molecule has 0 radical (unpaired) electrons. The number of carboxylic acids is 2. The van der Waals surface area contributed by atoms with Gasteiger partial charge in [-0.2, -0.15) is 0 Å². The predicted molar refractivity (Wildman–Crippen MR) is 72.5 cm³/mol. The average molecular weight is 296 g/mol. The van der Waals surface area contributed by atoms with E-state index in [-0.39, 0.29) is 0 Å². The van der Waals surface area contributed by atoms with Crippen LogP contribution < -0.4 is 0 Å². The van der Waals surface area contributed by atoms with E-state index in [4.69, 9.17) is 0 Å². The molecule has 0 aromatic carbocycles. The lowest BCUT2D eigenvalue weighted by Gasteiger charge is -2.56. The Morgan fingerprint density at radius 1 is 1.19 bits per heavy atom. The Morgan fingerprint density at radius 3 is 2.24 bits per heavy atom. The van der Waals surface area contributed by atoms with E-state index in [0.29, 0.717) is 12.8 Å². The quantitative estimate of drug-likeness (QED) is 0.706. The van der Waals surface area contributed by atoms with Crippen molar-refractivity contribution in [3.8, 4) is 0 Å². The molecule has 6 heteroatoms. The van der Waals surface area contributed by atoms with Crippen LogP contribution in [-0.2, 0) is 14.4 Å². The molecule has 1 saturated carbocycles. The van der Waals surface area contributed by atoms with Gasteiger partial charge in [0.2, 0.25) is 0 Å².